The van der Waals surface area contributed by atoms with Gasteiger partial charge in [0.15, 0.2) is 4.90 Å². The van der Waals surface area contributed by atoms with Crippen LogP contribution >= 0.6 is 0 Å². The first kappa shape index (κ1) is 20.6. The van der Waals surface area contributed by atoms with E-state index in [1.807, 2.05) is 0 Å². The normalized spacial score (nSPS) is 17.0. The van der Waals surface area contributed by atoms with Crippen molar-refractivity contribution in [2.24, 2.45) is 0 Å². The Morgan fingerprint density at radius 1 is 0.857 bits per heavy atom. The van der Waals surface area contributed by atoms with Crippen molar-refractivity contribution in [3.63, 3.8) is 0 Å². The summed E-state index contributed by atoms with van der Waals surface area (Å²) in [6, 6.07) is 7.65. The quantitative estimate of drug-likeness (QED) is 0.741. The SMILES string of the molecule is Cc1cc(F)c(S(=O)(=O)N2CCN(S(=O)(=O)c3cccc(N)c3)CC2)c(F)c1. The minimum Gasteiger partial charge on any atom is -0.399 e. The topological polar surface area (TPSA) is 101 Å². The number of benzene rings is 2. The Bertz CT molecular complexity index is 1090. The van der Waals surface area contributed by atoms with Gasteiger partial charge in [-0.1, -0.05) is 6.07 Å². The van der Waals surface area contributed by atoms with Crippen LogP contribution in [0, 0.1) is 18.6 Å². The molecule has 152 valence electrons. The lowest BCUT2D eigenvalue weighted by molar-refractivity contribution is 0.271. The average molecular weight is 431 g/mol. The van der Waals surface area contributed by atoms with E-state index in [1.165, 1.54) is 25.1 Å². The number of aryl methyl sites for hydroxylation is 1. The Labute approximate surface area is 162 Å². The van der Waals surface area contributed by atoms with Gasteiger partial charge in [-0.25, -0.2) is 25.6 Å². The second kappa shape index (κ2) is 7.39. The first-order valence-corrected chi connectivity index (χ1v) is 11.2. The monoisotopic (exact) mass is 431 g/mol. The third-order valence-electron chi connectivity index (χ3n) is 4.43. The molecule has 3 rings (SSSR count). The van der Waals surface area contributed by atoms with E-state index >= 15 is 0 Å². The fraction of sp³-hybridized carbons (Fsp3) is 0.294. The number of hydrogen-bond donors (Lipinski definition) is 1. The van der Waals surface area contributed by atoms with Gasteiger partial charge in [0.2, 0.25) is 20.0 Å². The van der Waals surface area contributed by atoms with Crippen molar-refractivity contribution in [2.75, 3.05) is 31.9 Å². The van der Waals surface area contributed by atoms with Gasteiger partial charge in [-0.2, -0.15) is 8.61 Å². The maximum atomic E-state index is 14.1. The molecule has 1 aliphatic rings. The zero-order valence-electron chi connectivity index (χ0n) is 15.0. The molecular formula is C17H19F2N3O4S2. The maximum absolute atomic E-state index is 14.1. The van der Waals surface area contributed by atoms with Gasteiger partial charge in [0, 0.05) is 31.9 Å². The Kier molecular flexibility index (Phi) is 5.45. The van der Waals surface area contributed by atoms with Crippen LogP contribution in [0.1, 0.15) is 5.56 Å². The molecule has 0 saturated carbocycles. The fourth-order valence-electron chi connectivity index (χ4n) is 3.04. The van der Waals surface area contributed by atoms with Crippen molar-refractivity contribution >= 4 is 25.7 Å². The van der Waals surface area contributed by atoms with Crippen LogP contribution in [-0.2, 0) is 20.0 Å². The zero-order valence-corrected chi connectivity index (χ0v) is 16.6. The number of hydrogen-bond acceptors (Lipinski definition) is 5. The molecule has 1 fully saturated rings. The zero-order chi connectivity index (χ0) is 20.7. The second-order valence-electron chi connectivity index (χ2n) is 6.44. The van der Waals surface area contributed by atoms with E-state index in [2.05, 4.69) is 0 Å². The molecule has 1 saturated heterocycles. The van der Waals surface area contributed by atoms with Crippen molar-refractivity contribution in [2.45, 2.75) is 16.7 Å². The van der Waals surface area contributed by atoms with Crippen LogP contribution in [0.25, 0.3) is 0 Å². The third-order valence-corrected chi connectivity index (χ3v) is 8.28. The van der Waals surface area contributed by atoms with Gasteiger partial charge in [0.05, 0.1) is 4.90 Å². The molecule has 2 aromatic carbocycles. The van der Waals surface area contributed by atoms with Gasteiger partial charge in [-0.15, -0.1) is 0 Å². The van der Waals surface area contributed by atoms with Gasteiger partial charge in [0.1, 0.15) is 11.6 Å². The number of nitrogens with zero attached hydrogens (tertiary/aromatic N) is 2. The summed E-state index contributed by atoms with van der Waals surface area (Å²) in [5.74, 6) is -2.35. The van der Waals surface area contributed by atoms with Crippen LogP contribution < -0.4 is 5.73 Å². The number of nitrogen functional groups attached to an aromatic ring is 1. The van der Waals surface area contributed by atoms with E-state index in [0.717, 1.165) is 20.7 Å². The summed E-state index contributed by atoms with van der Waals surface area (Å²) in [5.41, 5.74) is 6.17. The summed E-state index contributed by atoms with van der Waals surface area (Å²) in [5, 5.41) is 0. The molecule has 0 aromatic heterocycles. The highest BCUT2D eigenvalue weighted by Crippen LogP contribution is 2.26. The van der Waals surface area contributed by atoms with Crippen molar-refractivity contribution < 1.29 is 25.6 Å². The predicted molar refractivity (Wildman–Crippen MR) is 99.5 cm³/mol. The summed E-state index contributed by atoms with van der Waals surface area (Å²) in [7, 11) is -8.29. The van der Waals surface area contributed by atoms with Gasteiger partial charge < -0.3 is 5.73 Å². The number of piperazine rings is 1. The molecular weight excluding hydrogens is 412 g/mol. The Morgan fingerprint density at radius 3 is 1.86 bits per heavy atom. The fourth-order valence-corrected chi connectivity index (χ4v) is 6.03. The summed E-state index contributed by atoms with van der Waals surface area (Å²) in [4.78, 5) is -1.02. The summed E-state index contributed by atoms with van der Waals surface area (Å²) in [6.07, 6.45) is 0. The van der Waals surface area contributed by atoms with Crippen LogP contribution in [0.15, 0.2) is 46.2 Å². The highest BCUT2D eigenvalue weighted by atomic mass is 32.2. The highest BCUT2D eigenvalue weighted by Gasteiger charge is 2.36. The number of rotatable bonds is 4. The van der Waals surface area contributed by atoms with Crippen molar-refractivity contribution in [3.05, 3.63) is 53.6 Å². The number of nitrogens with two attached hydrogens (primary N) is 1. The first-order valence-electron chi connectivity index (χ1n) is 8.35. The molecule has 1 aliphatic heterocycles. The molecule has 7 nitrogen and oxygen atoms in total. The molecule has 2 aromatic rings. The van der Waals surface area contributed by atoms with Crippen LogP contribution in [-0.4, -0.2) is 51.6 Å². The van der Waals surface area contributed by atoms with Crippen LogP contribution in [0.4, 0.5) is 14.5 Å². The van der Waals surface area contributed by atoms with Gasteiger partial charge >= 0.3 is 0 Å². The highest BCUT2D eigenvalue weighted by molar-refractivity contribution is 7.89. The minimum atomic E-state index is -4.44. The summed E-state index contributed by atoms with van der Waals surface area (Å²) >= 11 is 0. The number of sulfonamides is 2. The van der Waals surface area contributed by atoms with Crippen molar-refractivity contribution in [1.29, 1.82) is 0 Å². The van der Waals surface area contributed by atoms with E-state index in [1.54, 1.807) is 6.07 Å². The molecule has 11 heteroatoms. The van der Waals surface area contributed by atoms with Crippen LogP contribution in [0.3, 0.4) is 0 Å². The van der Waals surface area contributed by atoms with Gasteiger partial charge in [0.25, 0.3) is 0 Å². The lowest BCUT2D eigenvalue weighted by Gasteiger charge is -2.33. The number of anilines is 1. The summed E-state index contributed by atoms with van der Waals surface area (Å²) in [6.45, 7) is 0.701. The molecule has 0 spiro atoms. The largest absolute Gasteiger partial charge is 0.399 e. The lowest BCUT2D eigenvalue weighted by atomic mass is 10.2. The van der Waals surface area contributed by atoms with Crippen molar-refractivity contribution in [1.82, 2.24) is 8.61 Å². The Morgan fingerprint density at radius 2 is 1.36 bits per heavy atom. The molecule has 1 heterocycles. The first-order chi connectivity index (χ1) is 13.0. The second-order valence-corrected chi connectivity index (χ2v) is 10.3. The van der Waals surface area contributed by atoms with E-state index in [-0.39, 0.29) is 42.3 Å². The molecule has 0 radical (unpaired) electrons. The molecule has 28 heavy (non-hydrogen) atoms. The molecule has 0 amide bonds. The Balaban J connectivity index is 1.82. The van der Waals surface area contributed by atoms with E-state index < -0.39 is 36.6 Å². The minimum absolute atomic E-state index is 0.000527. The smallest absolute Gasteiger partial charge is 0.249 e. The average Bonchev–Trinajstić information content (AvgIpc) is 2.60. The van der Waals surface area contributed by atoms with Crippen LogP contribution in [0.2, 0.25) is 0 Å². The molecule has 0 unspecified atom stereocenters. The summed E-state index contributed by atoms with van der Waals surface area (Å²) < 4.78 is 81.0. The van der Waals surface area contributed by atoms with E-state index in [4.69, 9.17) is 5.73 Å². The number of halogens is 2. The molecule has 0 bridgehead atoms. The molecule has 0 atom stereocenters. The van der Waals surface area contributed by atoms with Crippen LogP contribution in [0.5, 0.6) is 0 Å². The van der Waals surface area contributed by atoms with Gasteiger partial charge in [-0.05, 0) is 42.8 Å². The Hall–Kier alpha value is -2.08. The van der Waals surface area contributed by atoms with E-state index in [9.17, 15) is 25.6 Å². The molecule has 0 aliphatic carbocycles. The van der Waals surface area contributed by atoms with Crippen molar-refractivity contribution in [3.8, 4) is 0 Å². The van der Waals surface area contributed by atoms with E-state index in [0.29, 0.717) is 0 Å². The van der Waals surface area contributed by atoms with Gasteiger partial charge in [-0.3, -0.25) is 0 Å². The maximum Gasteiger partial charge on any atom is 0.249 e. The third kappa shape index (κ3) is 3.75. The lowest BCUT2D eigenvalue weighted by Crippen LogP contribution is -2.50. The standard InChI is InChI=1S/C17H19F2N3O4S2/c1-12-9-15(18)17(16(19)10-12)28(25,26)22-7-5-21(6-8-22)27(23,24)14-4-2-3-13(20)11-14/h2-4,9-11H,5-8,20H2,1H3. The molecule has 2 N–H and O–H groups in total. The predicted octanol–water partition coefficient (Wildman–Crippen LogP) is 1.55.